The van der Waals surface area contributed by atoms with Gasteiger partial charge in [0.25, 0.3) is 0 Å². The highest BCUT2D eigenvalue weighted by molar-refractivity contribution is 5.96. The number of hydrogen-bond donors (Lipinski definition) is 1. The summed E-state index contributed by atoms with van der Waals surface area (Å²) in [6.07, 6.45) is 4.41. The van der Waals surface area contributed by atoms with Crippen LogP contribution >= 0.6 is 0 Å². The van der Waals surface area contributed by atoms with Crippen molar-refractivity contribution in [2.24, 2.45) is 5.92 Å². The van der Waals surface area contributed by atoms with E-state index in [9.17, 15) is 19.5 Å². The number of benzene rings is 2. The Morgan fingerprint density at radius 2 is 1.72 bits per heavy atom. The zero-order valence-corrected chi connectivity index (χ0v) is 18.9. The van der Waals surface area contributed by atoms with E-state index in [1.165, 1.54) is 4.57 Å². The van der Waals surface area contributed by atoms with Crippen LogP contribution in [0.2, 0.25) is 0 Å². The minimum atomic E-state index is -0.969. The van der Waals surface area contributed by atoms with Gasteiger partial charge in [0.05, 0.1) is 12.1 Å². The number of carboxylic acid groups (broad SMARTS) is 1. The molecule has 0 atom stereocenters. The van der Waals surface area contributed by atoms with Crippen LogP contribution in [0.3, 0.4) is 0 Å². The lowest BCUT2D eigenvalue weighted by Crippen LogP contribution is -2.29. The maximum atomic E-state index is 13.0. The van der Waals surface area contributed by atoms with E-state index < -0.39 is 5.97 Å². The number of imidazole rings is 1. The molecule has 0 spiro atoms. The van der Waals surface area contributed by atoms with Crippen LogP contribution in [0.5, 0.6) is 0 Å². The second kappa shape index (κ2) is 10.3. The molecule has 0 amide bonds. The molecule has 0 aliphatic carbocycles. The number of nitrogens with zero attached hydrogens (tertiary/aromatic N) is 2. The summed E-state index contributed by atoms with van der Waals surface area (Å²) in [4.78, 5) is 37.1. The molecule has 168 valence electrons. The second-order valence-electron chi connectivity index (χ2n) is 8.50. The molecule has 6 heteroatoms. The molecular formula is C26H30N2O4. The average Bonchev–Trinajstić information content (AvgIpc) is 3.07. The highest BCUT2D eigenvalue weighted by Gasteiger charge is 2.17. The second-order valence-corrected chi connectivity index (χ2v) is 8.50. The summed E-state index contributed by atoms with van der Waals surface area (Å²) in [6, 6.07) is 14.4. The standard InChI is InChI=1S/C26H30N2O4/c1-4-5-10-24(29)28-17-21(15-18(2)3)27(26(28)32)16-19-11-13-20(14-12-19)22-8-6-7-9-23(22)25(30)31/h6-9,11-14,17-18H,4-5,10,15-16H2,1-3H3,(H,30,31). The molecule has 0 bridgehead atoms. The highest BCUT2D eigenvalue weighted by atomic mass is 16.4. The van der Waals surface area contributed by atoms with Crippen LogP contribution in [0.1, 0.15) is 66.4 Å². The van der Waals surface area contributed by atoms with Gasteiger partial charge in [0.2, 0.25) is 5.91 Å². The Kier molecular flexibility index (Phi) is 7.46. The van der Waals surface area contributed by atoms with Crippen LogP contribution in [-0.2, 0) is 13.0 Å². The average molecular weight is 435 g/mol. The topological polar surface area (TPSA) is 81.3 Å². The zero-order chi connectivity index (χ0) is 23.3. The monoisotopic (exact) mass is 434 g/mol. The SMILES string of the molecule is CCCCC(=O)n1cc(CC(C)C)n(Cc2ccc(-c3ccccc3C(=O)O)cc2)c1=O. The van der Waals surface area contributed by atoms with Crippen molar-refractivity contribution in [2.75, 3.05) is 0 Å². The highest BCUT2D eigenvalue weighted by Crippen LogP contribution is 2.24. The molecule has 1 heterocycles. The molecule has 3 rings (SSSR count). The lowest BCUT2D eigenvalue weighted by molar-refractivity contribution is 0.0697. The molecule has 2 aromatic carbocycles. The maximum Gasteiger partial charge on any atom is 0.336 e. The summed E-state index contributed by atoms with van der Waals surface area (Å²) in [5, 5.41) is 9.44. The summed E-state index contributed by atoms with van der Waals surface area (Å²) in [5.41, 5.74) is 3.15. The summed E-state index contributed by atoms with van der Waals surface area (Å²) >= 11 is 0. The van der Waals surface area contributed by atoms with Crippen LogP contribution in [0.4, 0.5) is 0 Å². The first kappa shape index (κ1) is 23.3. The molecule has 6 nitrogen and oxygen atoms in total. The molecule has 0 saturated heterocycles. The van der Waals surface area contributed by atoms with Crippen molar-refractivity contribution in [3.05, 3.63) is 82.0 Å². The van der Waals surface area contributed by atoms with Crippen molar-refractivity contribution in [1.82, 2.24) is 9.13 Å². The number of carbonyl (C=O) groups excluding carboxylic acids is 1. The predicted molar refractivity (Wildman–Crippen MR) is 125 cm³/mol. The Hall–Kier alpha value is -3.41. The van der Waals surface area contributed by atoms with Crippen molar-refractivity contribution in [3.63, 3.8) is 0 Å². The molecule has 1 N–H and O–H groups in total. The molecule has 32 heavy (non-hydrogen) atoms. The first-order valence-electron chi connectivity index (χ1n) is 11.1. The van der Waals surface area contributed by atoms with Gasteiger partial charge in [-0.05, 0) is 41.5 Å². The van der Waals surface area contributed by atoms with Crippen LogP contribution in [0.15, 0.2) is 59.5 Å². The predicted octanol–water partition coefficient (Wildman–Crippen LogP) is 5.09. The van der Waals surface area contributed by atoms with E-state index in [2.05, 4.69) is 13.8 Å². The minimum absolute atomic E-state index is 0.166. The molecule has 3 aromatic rings. The summed E-state index contributed by atoms with van der Waals surface area (Å²) in [6.45, 7) is 6.54. The molecular weight excluding hydrogens is 404 g/mol. The third-order valence-corrected chi connectivity index (χ3v) is 5.46. The summed E-state index contributed by atoms with van der Waals surface area (Å²) in [7, 11) is 0. The normalized spacial score (nSPS) is 11.1. The Balaban J connectivity index is 1.91. The Bertz CT molecular complexity index is 1150. The lowest BCUT2D eigenvalue weighted by Gasteiger charge is -2.11. The van der Waals surface area contributed by atoms with E-state index in [-0.39, 0.29) is 17.2 Å². The minimum Gasteiger partial charge on any atom is -0.478 e. The van der Waals surface area contributed by atoms with E-state index in [4.69, 9.17) is 0 Å². The Morgan fingerprint density at radius 1 is 1.03 bits per heavy atom. The molecule has 0 unspecified atom stereocenters. The number of unbranched alkanes of at least 4 members (excludes halogenated alkanes) is 1. The third kappa shape index (κ3) is 5.25. The van der Waals surface area contributed by atoms with Crippen LogP contribution < -0.4 is 5.69 Å². The fourth-order valence-electron chi connectivity index (χ4n) is 3.80. The van der Waals surface area contributed by atoms with Gasteiger partial charge >= 0.3 is 11.7 Å². The van der Waals surface area contributed by atoms with E-state index in [1.54, 1.807) is 29.0 Å². The molecule has 0 fully saturated rings. The fraction of sp³-hybridized carbons (Fsp3) is 0.346. The molecule has 0 aliphatic heterocycles. The quantitative estimate of drug-likeness (QED) is 0.508. The van der Waals surface area contributed by atoms with Gasteiger partial charge in [-0.2, -0.15) is 0 Å². The maximum absolute atomic E-state index is 13.0. The summed E-state index contributed by atoms with van der Waals surface area (Å²) < 4.78 is 2.93. The van der Waals surface area contributed by atoms with Crippen molar-refractivity contribution in [3.8, 4) is 11.1 Å². The Morgan fingerprint density at radius 3 is 2.34 bits per heavy atom. The van der Waals surface area contributed by atoms with Gasteiger partial charge in [0, 0.05) is 18.3 Å². The summed E-state index contributed by atoms with van der Waals surface area (Å²) in [5.74, 6) is -0.790. The zero-order valence-electron chi connectivity index (χ0n) is 18.9. The van der Waals surface area contributed by atoms with Gasteiger partial charge in [-0.1, -0.05) is 69.7 Å². The third-order valence-electron chi connectivity index (χ3n) is 5.46. The van der Waals surface area contributed by atoms with Gasteiger partial charge in [0.15, 0.2) is 0 Å². The van der Waals surface area contributed by atoms with Crippen LogP contribution in [-0.4, -0.2) is 26.1 Å². The van der Waals surface area contributed by atoms with Gasteiger partial charge in [-0.15, -0.1) is 0 Å². The van der Waals surface area contributed by atoms with E-state index in [0.717, 1.165) is 29.7 Å². The smallest absolute Gasteiger partial charge is 0.336 e. The number of carbonyl (C=O) groups is 2. The molecule has 0 saturated carbocycles. The molecule has 0 aliphatic rings. The van der Waals surface area contributed by atoms with Gasteiger partial charge < -0.3 is 5.11 Å². The first-order chi connectivity index (χ1) is 15.3. The van der Waals surface area contributed by atoms with Gasteiger partial charge in [0.1, 0.15) is 0 Å². The molecule has 0 radical (unpaired) electrons. The number of carboxylic acids is 1. The first-order valence-corrected chi connectivity index (χ1v) is 11.1. The van der Waals surface area contributed by atoms with E-state index in [1.807, 2.05) is 37.3 Å². The van der Waals surface area contributed by atoms with E-state index >= 15 is 0 Å². The number of rotatable bonds is 9. The van der Waals surface area contributed by atoms with Crippen molar-refractivity contribution in [1.29, 1.82) is 0 Å². The largest absolute Gasteiger partial charge is 0.478 e. The van der Waals surface area contributed by atoms with Crippen molar-refractivity contribution < 1.29 is 14.7 Å². The number of hydrogen-bond acceptors (Lipinski definition) is 3. The lowest BCUT2D eigenvalue weighted by atomic mass is 9.98. The van der Waals surface area contributed by atoms with Crippen LogP contribution in [0.25, 0.3) is 11.1 Å². The van der Waals surface area contributed by atoms with Gasteiger partial charge in [-0.3, -0.25) is 9.36 Å². The van der Waals surface area contributed by atoms with Gasteiger partial charge in [-0.25, -0.2) is 14.2 Å². The number of aromatic carboxylic acids is 1. The fourth-order valence-corrected chi connectivity index (χ4v) is 3.80. The Labute approximate surface area is 188 Å². The van der Waals surface area contributed by atoms with Crippen LogP contribution in [0, 0.1) is 5.92 Å². The molecule has 1 aromatic heterocycles. The van der Waals surface area contributed by atoms with E-state index in [0.29, 0.717) is 30.9 Å². The number of aromatic nitrogens is 2. The van der Waals surface area contributed by atoms with Crippen molar-refractivity contribution in [2.45, 2.75) is 53.0 Å². The van der Waals surface area contributed by atoms with Crippen molar-refractivity contribution >= 4 is 11.9 Å².